The molecule has 1 unspecified atom stereocenters. The molecule has 2 saturated heterocycles. The minimum Gasteiger partial charge on any atom is -0.356 e. The van der Waals surface area contributed by atoms with E-state index >= 15 is 0 Å². The van der Waals surface area contributed by atoms with Crippen molar-refractivity contribution in [1.29, 1.82) is 0 Å². The van der Waals surface area contributed by atoms with Gasteiger partial charge in [-0.3, -0.25) is 14.4 Å². The number of ketones is 1. The van der Waals surface area contributed by atoms with Crippen LogP contribution < -0.4 is 10.6 Å². The number of amides is 4. The van der Waals surface area contributed by atoms with E-state index in [1.807, 2.05) is 20.8 Å². The van der Waals surface area contributed by atoms with E-state index in [4.69, 9.17) is 0 Å². The van der Waals surface area contributed by atoms with Gasteiger partial charge >= 0.3 is 6.03 Å². The Morgan fingerprint density at radius 3 is 2.52 bits per heavy atom. The van der Waals surface area contributed by atoms with Crippen molar-refractivity contribution in [1.82, 2.24) is 20.4 Å². The summed E-state index contributed by atoms with van der Waals surface area (Å²) in [6.45, 7) is 8.12. The Kier molecular flexibility index (Phi) is 7.21. The van der Waals surface area contributed by atoms with E-state index in [2.05, 4.69) is 10.6 Å². The second-order valence-corrected chi connectivity index (χ2v) is 7.61. The lowest BCUT2D eigenvalue weighted by molar-refractivity contribution is -0.137. The zero-order valence-corrected chi connectivity index (χ0v) is 16.8. The first-order valence-corrected chi connectivity index (χ1v) is 9.94. The van der Waals surface area contributed by atoms with Crippen molar-refractivity contribution in [2.24, 2.45) is 5.92 Å². The highest BCUT2D eigenvalue weighted by atomic mass is 16.2. The van der Waals surface area contributed by atoms with Crippen LogP contribution >= 0.6 is 0 Å². The lowest BCUT2D eigenvalue weighted by atomic mass is 10.0. The van der Waals surface area contributed by atoms with Crippen LogP contribution in [-0.4, -0.2) is 71.2 Å². The van der Waals surface area contributed by atoms with E-state index in [0.717, 1.165) is 12.8 Å². The van der Waals surface area contributed by atoms with Crippen LogP contribution in [0.1, 0.15) is 53.4 Å². The second kappa shape index (κ2) is 9.19. The monoisotopic (exact) mass is 380 g/mol. The number of fused-ring (bicyclic) bond motifs is 1. The number of likely N-dealkylation sites (tertiary alicyclic amines) is 2. The van der Waals surface area contributed by atoms with E-state index in [9.17, 15) is 19.2 Å². The van der Waals surface area contributed by atoms with Crippen molar-refractivity contribution in [2.75, 3.05) is 19.6 Å². The fourth-order valence-electron chi connectivity index (χ4n) is 3.90. The van der Waals surface area contributed by atoms with Crippen LogP contribution in [0, 0.1) is 5.92 Å². The maximum atomic E-state index is 13.0. The lowest BCUT2D eigenvalue weighted by Crippen LogP contribution is -2.50. The standard InChI is InChI=1S/C19H32N4O4/c1-5-7-14(10-20-13(4)24)18(26)23-11-16(25)17-15(23)8-9-22(17)19(27)21-12(3)6-2/h12,14-15,17H,5-11H2,1-4H3,(H,20,24)(H,21,27)/t12?,14-,15+,17-/m0/s1. The van der Waals surface area contributed by atoms with Gasteiger partial charge in [0.15, 0.2) is 5.78 Å². The Morgan fingerprint density at radius 1 is 1.22 bits per heavy atom. The Hall–Kier alpha value is -2.12. The maximum Gasteiger partial charge on any atom is 0.318 e. The molecule has 152 valence electrons. The molecule has 0 aliphatic carbocycles. The van der Waals surface area contributed by atoms with E-state index < -0.39 is 6.04 Å². The molecule has 2 fully saturated rings. The largest absolute Gasteiger partial charge is 0.356 e. The van der Waals surface area contributed by atoms with Gasteiger partial charge in [-0.15, -0.1) is 0 Å². The number of hydrogen-bond donors (Lipinski definition) is 2. The number of carbonyl (C=O) groups is 4. The van der Waals surface area contributed by atoms with Crippen molar-refractivity contribution < 1.29 is 19.2 Å². The first-order valence-electron chi connectivity index (χ1n) is 9.94. The predicted molar refractivity (Wildman–Crippen MR) is 101 cm³/mol. The molecule has 8 nitrogen and oxygen atoms in total. The van der Waals surface area contributed by atoms with Crippen molar-refractivity contribution >= 4 is 23.6 Å². The third-order valence-corrected chi connectivity index (χ3v) is 5.53. The molecule has 0 aromatic rings. The molecular formula is C19H32N4O4. The van der Waals surface area contributed by atoms with Crippen LogP contribution in [0.3, 0.4) is 0 Å². The van der Waals surface area contributed by atoms with Crippen LogP contribution in [0.4, 0.5) is 4.79 Å². The smallest absolute Gasteiger partial charge is 0.318 e. The highest BCUT2D eigenvalue weighted by Gasteiger charge is 2.52. The molecule has 8 heteroatoms. The van der Waals surface area contributed by atoms with Gasteiger partial charge in [-0.2, -0.15) is 0 Å². The number of nitrogens with zero attached hydrogens (tertiary/aromatic N) is 2. The quantitative estimate of drug-likeness (QED) is 0.685. The molecule has 2 N–H and O–H groups in total. The summed E-state index contributed by atoms with van der Waals surface area (Å²) in [5.74, 6) is -0.697. The fraction of sp³-hybridized carbons (Fsp3) is 0.789. The van der Waals surface area contributed by atoms with Crippen molar-refractivity contribution in [3.8, 4) is 0 Å². The van der Waals surface area contributed by atoms with Gasteiger partial charge in [0, 0.05) is 26.1 Å². The van der Waals surface area contributed by atoms with Gasteiger partial charge in [0.2, 0.25) is 11.8 Å². The molecule has 0 saturated carbocycles. The Morgan fingerprint density at radius 2 is 1.93 bits per heavy atom. The molecule has 4 atom stereocenters. The van der Waals surface area contributed by atoms with E-state index in [0.29, 0.717) is 19.4 Å². The van der Waals surface area contributed by atoms with Crippen molar-refractivity contribution in [3.05, 3.63) is 0 Å². The molecule has 4 amide bonds. The molecular weight excluding hydrogens is 348 g/mol. The molecule has 27 heavy (non-hydrogen) atoms. The summed E-state index contributed by atoms with van der Waals surface area (Å²) in [5.41, 5.74) is 0. The Bertz CT molecular complexity index is 594. The maximum absolute atomic E-state index is 13.0. The first-order chi connectivity index (χ1) is 12.8. The number of nitrogens with one attached hydrogen (secondary N) is 2. The van der Waals surface area contributed by atoms with Crippen LogP contribution in [0.5, 0.6) is 0 Å². The number of carbonyl (C=O) groups excluding carboxylic acids is 4. The molecule has 0 spiro atoms. The molecule has 0 bridgehead atoms. The number of rotatable bonds is 7. The molecule has 0 aromatic carbocycles. The van der Waals surface area contributed by atoms with Gasteiger partial charge in [-0.05, 0) is 26.2 Å². The van der Waals surface area contributed by atoms with Crippen LogP contribution in [0.15, 0.2) is 0 Å². The number of urea groups is 1. The van der Waals surface area contributed by atoms with E-state index in [1.165, 1.54) is 6.92 Å². The van der Waals surface area contributed by atoms with Crippen LogP contribution in [0.2, 0.25) is 0 Å². The third kappa shape index (κ3) is 4.78. The first kappa shape index (κ1) is 21.2. The number of Topliss-reactive ketones (excluding diaryl/α,β-unsaturated/α-hetero) is 1. The zero-order valence-electron chi connectivity index (χ0n) is 16.8. The highest BCUT2D eigenvalue weighted by Crippen LogP contribution is 2.31. The van der Waals surface area contributed by atoms with Crippen LogP contribution in [0.25, 0.3) is 0 Å². The minimum atomic E-state index is -0.555. The summed E-state index contributed by atoms with van der Waals surface area (Å²) in [7, 11) is 0. The molecule has 2 rings (SSSR count). The topological polar surface area (TPSA) is 98.8 Å². The molecule has 2 aliphatic rings. The lowest BCUT2D eigenvalue weighted by Gasteiger charge is -2.28. The molecule has 2 heterocycles. The highest BCUT2D eigenvalue weighted by molar-refractivity contribution is 5.97. The summed E-state index contributed by atoms with van der Waals surface area (Å²) >= 11 is 0. The molecule has 0 radical (unpaired) electrons. The summed E-state index contributed by atoms with van der Waals surface area (Å²) < 4.78 is 0. The Labute approximate surface area is 161 Å². The molecule has 2 aliphatic heterocycles. The van der Waals surface area contributed by atoms with Gasteiger partial charge in [0.25, 0.3) is 0 Å². The van der Waals surface area contributed by atoms with Gasteiger partial charge in [0.05, 0.1) is 18.5 Å². The summed E-state index contributed by atoms with van der Waals surface area (Å²) in [5, 5.41) is 5.62. The van der Waals surface area contributed by atoms with Crippen molar-refractivity contribution in [3.63, 3.8) is 0 Å². The normalized spacial score (nSPS) is 23.8. The van der Waals surface area contributed by atoms with Gasteiger partial charge in [-0.1, -0.05) is 20.3 Å². The van der Waals surface area contributed by atoms with Gasteiger partial charge in [0.1, 0.15) is 6.04 Å². The average Bonchev–Trinajstić information content (AvgIpc) is 3.19. The SMILES string of the molecule is CCC[C@@H](CNC(C)=O)C(=O)N1CC(=O)[C@@H]2[C@H]1CCN2C(=O)NC(C)CC. The van der Waals surface area contributed by atoms with Gasteiger partial charge in [-0.25, -0.2) is 4.79 Å². The van der Waals surface area contributed by atoms with E-state index in [1.54, 1.807) is 9.80 Å². The van der Waals surface area contributed by atoms with Gasteiger partial charge < -0.3 is 20.4 Å². The van der Waals surface area contributed by atoms with E-state index in [-0.39, 0.29) is 54.7 Å². The third-order valence-electron chi connectivity index (χ3n) is 5.53. The fourth-order valence-corrected chi connectivity index (χ4v) is 3.90. The Balaban J connectivity index is 2.08. The summed E-state index contributed by atoms with van der Waals surface area (Å²) in [6.07, 6.45) is 2.89. The zero-order chi connectivity index (χ0) is 20.1. The number of hydrogen-bond acceptors (Lipinski definition) is 4. The minimum absolute atomic E-state index is 0.0392. The predicted octanol–water partition coefficient (Wildman–Crippen LogP) is 0.901. The van der Waals surface area contributed by atoms with Crippen LogP contribution in [-0.2, 0) is 14.4 Å². The molecule has 0 aromatic heterocycles. The average molecular weight is 380 g/mol. The second-order valence-electron chi connectivity index (χ2n) is 7.61. The summed E-state index contributed by atoms with van der Waals surface area (Å²) in [6, 6.07) is -1.01. The summed E-state index contributed by atoms with van der Waals surface area (Å²) in [4.78, 5) is 52.6. The van der Waals surface area contributed by atoms with Crippen molar-refractivity contribution in [2.45, 2.75) is 71.5 Å².